The zero-order chi connectivity index (χ0) is 10.0. The van der Waals surface area contributed by atoms with Crippen LogP contribution in [0.15, 0.2) is 4.42 Å². The summed E-state index contributed by atoms with van der Waals surface area (Å²) in [6.45, 7) is 6.19. The summed E-state index contributed by atoms with van der Waals surface area (Å²) in [5, 5.41) is 10.6. The van der Waals surface area contributed by atoms with E-state index < -0.39 is 5.97 Å². The van der Waals surface area contributed by atoms with Crippen LogP contribution in [0.2, 0.25) is 0 Å². The lowest BCUT2D eigenvalue weighted by molar-refractivity contribution is -0.707. The van der Waals surface area contributed by atoms with Gasteiger partial charge in [0, 0.05) is 13.3 Å². The fourth-order valence-corrected chi connectivity index (χ4v) is 1.50. The number of carbonyl (C=O) groups excluding carboxylic acids is 1. The Labute approximate surface area is 76.8 Å². The first-order chi connectivity index (χ1) is 6.11. The van der Waals surface area contributed by atoms with Crippen LogP contribution in [0.3, 0.4) is 0 Å². The lowest BCUT2D eigenvalue weighted by Gasteiger charge is -1.94. The highest BCUT2D eigenvalue weighted by Gasteiger charge is 2.24. The summed E-state index contributed by atoms with van der Waals surface area (Å²) in [5.74, 6) is -0.690. The minimum Gasteiger partial charge on any atom is -0.537 e. The smallest absolute Gasteiger partial charge is 0.397 e. The Morgan fingerprint density at radius 1 is 1.54 bits per heavy atom. The zero-order valence-corrected chi connectivity index (χ0v) is 8.09. The molecule has 0 fully saturated rings. The monoisotopic (exact) mass is 183 g/mol. The predicted molar refractivity (Wildman–Crippen MR) is 43.0 cm³/mol. The Hall–Kier alpha value is -1.32. The van der Waals surface area contributed by atoms with Crippen molar-refractivity contribution in [2.45, 2.75) is 33.7 Å². The number of hydrogen-bond acceptors (Lipinski definition) is 3. The number of aromatic nitrogens is 1. The summed E-state index contributed by atoms with van der Waals surface area (Å²) < 4.78 is 6.72. The summed E-state index contributed by atoms with van der Waals surface area (Å²) in [7, 11) is 0. The fourth-order valence-electron chi connectivity index (χ4n) is 1.50. The quantitative estimate of drug-likeness (QED) is 0.611. The Morgan fingerprint density at radius 2 is 2.15 bits per heavy atom. The highest BCUT2D eigenvalue weighted by molar-refractivity contribution is 5.78. The van der Waals surface area contributed by atoms with Crippen LogP contribution in [0.5, 0.6) is 0 Å². The van der Waals surface area contributed by atoms with E-state index in [0.717, 1.165) is 12.1 Å². The second-order valence-electron chi connectivity index (χ2n) is 2.80. The van der Waals surface area contributed by atoms with Gasteiger partial charge in [0.2, 0.25) is 5.69 Å². The second-order valence-corrected chi connectivity index (χ2v) is 2.80. The van der Waals surface area contributed by atoms with Gasteiger partial charge in [-0.3, -0.25) is 0 Å². The van der Waals surface area contributed by atoms with Crippen LogP contribution in [0, 0.1) is 6.92 Å². The van der Waals surface area contributed by atoms with Crippen LogP contribution in [-0.2, 0) is 13.0 Å². The van der Waals surface area contributed by atoms with Gasteiger partial charge in [-0.2, -0.15) is 4.57 Å². The molecule has 1 aromatic heterocycles. The SMILES string of the molecule is CCc1c(C)oc(C(=O)[O-])[n+]1CC. The average Bonchev–Trinajstić information content (AvgIpc) is 2.41. The molecule has 0 saturated carbocycles. The first kappa shape index (κ1) is 9.77. The Balaban J connectivity index is 3.29. The first-order valence-corrected chi connectivity index (χ1v) is 4.35. The molecular formula is C9H13NO3. The van der Waals surface area contributed by atoms with Crippen molar-refractivity contribution in [3.05, 3.63) is 17.3 Å². The minimum atomic E-state index is -1.26. The molecule has 72 valence electrons. The lowest BCUT2D eigenvalue weighted by atomic mass is 10.3. The van der Waals surface area contributed by atoms with E-state index in [1.165, 1.54) is 0 Å². The molecule has 0 aromatic carbocycles. The maximum absolute atomic E-state index is 10.6. The molecule has 0 unspecified atom stereocenters. The van der Waals surface area contributed by atoms with Crippen molar-refractivity contribution in [2.24, 2.45) is 0 Å². The third kappa shape index (κ3) is 1.56. The predicted octanol–water partition coefficient (Wildman–Crippen LogP) is -0.179. The third-order valence-corrected chi connectivity index (χ3v) is 2.05. The standard InChI is InChI=1S/C9H13NO3/c1-4-7-6(3)13-8(9(11)12)10(7)5-2/h4-5H2,1-3H3. The van der Waals surface area contributed by atoms with Gasteiger partial charge < -0.3 is 14.3 Å². The molecule has 0 bridgehead atoms. The number of aromatic carboxylic acids is 1. The molecule has 0 radical (unpaired) electrons. The first-order valence-electron chi connectivity index (χ1n) is 4.35. The summed E-state index contributed by atoms with van der Waals surface area (Å²) >= 11 is 0. The number of carbonyl (C=O) groups is 1. The summed E-state index contributed by atoms with van der Waals surface area (Å²) in [6.07, 6.45) is 0.760. The van der Waals surface area contributed by atoms with E-state index >= 15 is 0 Å². The normalized spacial score (nSPS) is 10.4. The summed E-state index contributed by atoms with van der Waals surface area (Å²) in [5.41, 5.74) is 0.918. The number of rotatable bonds is 3. The third-order valence-electron chi connectivity index (χ3n) is 2.05. The molecule has 0 aliphatic rings. The molecule has 0 atom stereocenters. The van der Waals surface area contributed by atoms with E-state index in [0.29, 0.717) is 12.3 Å². The van der Waals surface area contributed by atoms with Crippen molar-refractivity contribution in [1.29, 1.82) is 0 Å². The number of hydrogen-bond donors (Lipinski definition) is 0. The van der Waals surface area contributed by atoms with E-state index in [-0.39, 0.29) is 5.89 Å². The average molecular weight is 183 g/mol. The molecule has 4 heteroatoms. The molecule has 0 saturated heterocycles. The van der Waals surface area contributed by atoms with E-state index in [9.17, 15) is 9.90 Å². The molecule has 0 aliphatic heterocycles. The van der Waals surface area contributed by atoms with Gasteiger partial charge >= 0.3 is 5.89 Å². The highest BCUT2D eigenvalue weighted by Crippen LogP contribution is 2.07. The van der Waals surface area contributed by atoms with Gasteiger partial charge in [-0.05, 0) is 6.92 Å². The number of carboxylic acids is 1. The Kier molecular flexibility index (Phi) is 2.70. The maximum Gasteiger partial charge on any atom is 0.397 e. The van der Waals surface area contributed by atoms with Crippen molar-refractivity contribution in [1.82, 2.24) is 0 Å². The molecule has 0 spiro atoms. The molecular weight excluding hydrogens is 170 g/mol. The zero-order valence-electron chi connectivity index (χ0n) is 8.09. The number of oxazole rings is 1. The van der Waals surface area contributed by atoms with Crippen LogP contribution >= 0.6 is 0 Å². The van der Waals surface area contributed by atoms with E-state index in [2.05, 4.69) is 0 Å². The van der Waals surface area contributed by atoms with Crippen molar-refractivity contribution in [3.8, 4) is 0 Å². The number of aryl methyl sites for hydroxylation is 1. The number of nitrogens with zero attached hydrogens (tertiary/aromatic N) is 1. The van der Waals surface area contributed by atoms with Gasteiger partial charge in [0.15, 0.2) is 11.7 Å². The Bertz CT molecular complexity index is 328. The number of carboxylic acid groups (broad SMARTS) is 1. The van der Waals surface area contributed by atoms with Crippen LogP contribution in [0.25, 0.3) is 0 Å². The molecule has 0 aliphatic carbocycles. The van der Waals surface area contributed by atoms with Crippen LogP contribution in [-0.4, -0.2) is 5.97 Å². The van der Waals surface area contributed by atoms with Gasteiger partial charge in [-0.25, -0.2) is 0 Å². The van der Waals surface area contributed by atoms with Crippen molar-refractivity contribution in [3.63, 3.8) is 0 Å². The van der Waals surface area contributed by atoms with Gasteiger partial charge in [0.05, 0.1) is 0 Å². The van der Waals surface area contributed by atoms with Crippen molar-refractivity contribution >= 4 is 5.97 Å². The van der Waals surface area contributed by atoms with Gasteiger partial charge in [-0.15, -0.1) is 0 Å². The highest BCUT2D eigenvalue weighted by atomic mass is 16.4. The summed E-state index contributed by atoms with van der Waals surface area (Å²) in [6, 6.07) is 0. The lowest BCUT2D eigenvalue weighted by Crippen LogP contribution is -2.44. The molecule has 1 rings (SSSR count). The Morgan fingerprint density at radius 3 is 2.54 bits per heavy atom. The van der Waals surface area contributed by atoms with Gasteiger partial charge in [0.25, 0.3) is 0 Å². The van der Waals surface area contributed by atoms with E-state index in [1.807, 2.05) is 13.8 Å². The molecule has 1 aromatic rings. The van der Waals surface area contributed by atoms with Gasteiger partial charge in [-0.1, -0.05) is 6.92 Å². The van der Waals surface area contributed by atoms with Crippen LogP contribution < -0.4 is 9.67 Å². The van der Waals surface area contributed by atoms with Crippen molar-refractivity contribution in [2.75, 3.05) is 0 Å². The fraction of sp³-hybridized carbons (Fsp3) is 0.556. The van der Waals surface area contributed by atoms with Gasteiger partial charge in [0.1, 0.15) is 6.54 Å². The molecule has 0 amide bonds. The molecule has 4 nitrogen and oxygen atoms in total. The molecule has 0 N–H and O–H groups in total. The summed E-state index contributed by atoms with van der Waals surface area (Å²) in [4.78, 5) is 10.6. The van der Waals surface area contributed by atoms with Crippen LogP contribution in [0.1, 0.15) is 36.0 Å². The maximum atomic E-state index is 10.6. The topological polar surface area (TPSA) is 57.1 Å². The van der Waals surface area contributed by atoms with E-state index in [4.69, 9.17) is 4.42 Å². The van der Waals surface area contributed by atoms with Crippen LogP contribution in [0.4, 0.5) is 0 Å². The van der Waals surface area contributed by atoms with Crippen molar-refractivity contribution < 1.29 is 18.9 Å². The molecule has 1 heterocycles. The second kappa shape index (κ2) is 3.60. The minimum absolute atomic E-state index is 0.0862. The molecule has 13 heavy (non-hydrogen) atoms. The van der Waals surface area contributed by atoms with E-state index in [1.54, 1.807) is 11.5 Å². The largest absolute Gasteiger partial charge is 0.537 e.